The van der Waals surface area contributed by atoms with Crippen molar-refractivity contribution in [3.63, 3.8) is 0 Å². The highest BCUT2D eigenvalue weighted by Crippen LogP contribution is 2.11. The first-order valence-electron chi connectivity index (χ1n) is 5.63. The highest BCUT2D eigenvalue weighted by Gasteiger charge is 2.26. The minimum Gasteiger partial charge on any atom is -0.354 e. The normalized spacial score (nSPS) is 19.1. The van der Waals surface area contributed by atoms with E-state index in [1.807, 2.05) is 13.1 Å². The average molecular weight is 253 g/mol. The summed E-state index contributed by atoms with van der Waals surface area (Å²) >= 11 is 1.64. The molecule has 6 heteroatoms. The first kappa shape index (κ1) is 12.0. The number of hydrogen-bond donors (Lipinski definition) is 2. The molecule has 1 aromatic rings. The van der Waals surface area contributed by atoms with Crippen LogP contribution >= 0.6 is 11.3 Å². The van der Waals surface area contributed by atoms with E-state index in [1.165, 1.54) is 4.88 Å². The summed E-state index contributed by atoms with van der Waals surface area (Å²) < 4.78 is 0. The number of nitrogens with zero attached hydrogens (tertiary/aromatic N) is 1. The Hall–Kier alpha value is -1.43. The van der Waals surface area contributed by atoms with Crippen LogP contribution in [0.5, 0.6) is 0 Å². The number of nitrogens with one attached hydrogen (secondary N) is 2. The summed E-state index contributed by atoms with van der Waals surface area (Å²) in [5.41, 5.74) is 0. The van der Waals surface area contributed by atoms with E-state index in [1.54, 1.807) is 11.3 Å². The lowest BCUT2D eigenvalue weighted by atomic mass is 10.2. The molecule has 1 unspecified atom stereocenters. The predicted octanol–water partition coefficient (Wildman–Crippen LogP) is 0.389. The number of hydrogen-bond acceptors (Lipinski definition) is 4. The van der Waals surface area contributed by atoms with Crippen LogP contribution in [0, 0.1) is 6.92 Å². The molecule has 2 N–H and O–H groups in total. The largest absolute Gasteiger partial charge is 0.354 e. The monoisotopic (exact) mass is 253 g/mol. The molecule has 0 saturated carbocycles. The van der Waals surface area contributed by atoms with E-state index in [9.17, 15) is 9.59 Å². The van der Waals surface area contributed by atoms with Gasteiger partial charge in [0.1, 0.15) is 6.04 Å². The van der Waals surface area contributed by atoms with Crippen molar-refractivity contribution in [1.29, 1.82) is 0 Å². The number of aryl methyl sites for hydroxylation is 1. The third-order valence-corrected chi connectivity index (χ3v) is 3.62. The van der Waals surface area contributed by atoms with Gasteiger partial charge in [0.2, 0.25) is 11.8 Å². The van der Waals surface area contributed by atoms with E-state index in [4.69, 9.17) is 0 Å². The van der Waals surface area contributed by atoms with Crippen molar-refractivity contribution in [1.82, 2.24) is 15.6 Å². The van der Waals surface area contributed by atoms with E-state index >= 15 is 0 Å². The first-order valence-corrected chi connectivity index (χ1v) is 6.45. The second-order valence-corrected chi connectivity index (χ2v) is 5.36. The van der Waals surface area contributed by atoms with Crippen molar-refractivity contribution in [3.8, 4) is 0 Å². The Balaban J connectivity index is 1.71. The molecule has 1 aliphatic rings. The van der Waals surface area contributed by atoms with Crippen molar-refractivity contribution < 1.29 is 9.59 Å². The van der Waals surface area contributed by atoms with Gasteiger partial charge in [-0.15, -0.1) is 11.3 Å². The van der Waals surface area contributed by atoms with Crippen LogP contribution in [-0.4, -0.2) is 29.4 Å². The van der Waals surface area contributed by atoms with E-state index in [0.29, 0.717) is 19.4 Å². The zero-order valence-electron chi connectivity index (χ0n) is 9.66. The topological polar surface area (TPSA) is 71.1 Å². The minimum atomic E-state index is -0.342. The Bertz CT molecular complexity index is 430. The lowest BCUT2D eigenvalue weighted by Crippen LogP contribution is -2.42. The average Bonchev–Trinajstić information content (AvgIpc) is 2.88. The van der Waals surface area contributed by atoms with Crippen LogP contribution in [0.2, 0.25) is 0 Å². The summed E-state index contributed by atoms with van der Waals surface area (Å²) in [6.45, 7) is 2.55. The molecular weight excluding hydrogens is 238 g/mol. The van der Waals surface area contributed by atoms with Crippen molar-refractivity contribution in [3.05, 3.63) is 16.1 Å². The van der Waals surface area contributed by atoms with Gasteiger partial charge in [-0.25, -0.2) is 4.98 Å². The van der Waals surface area contributed by atoms with Gasteiger partial charge in [-0.3, -0.25) is 9.59 Å². The quantitative estimate of drug-likeness (QED) is 0.815. The second kappa shape index (κ2) is 5.27. The van der Waals surface area contributed by atoms with Crippen LogP contribution < -0.4 is 10.6 Å². The van der Waals surface area contributed by atoms with E-state index in [2.05, 4.69) is 15.6 Å². The third-order valence-electron chi connectivity index (χ3n) is 2.65. The number of thiazole rings is 1. The maximum absolute atomic E-state index is 11.6. The summed E-state index contributed by atoms with van der Waals surface area (Å²) in [4.78, 5) is 27.9. The molecular formula is C11H15N3O2S. The van der Waals surface area contributed by atoms with Gasteiger partial charge in [0.15, 0.2) is 0 Å². The lowest BCUT2D eigenvalue weighted by Gasteiger charge is -2.09. The molecule has 0 aliphatic carbocycles. The molecule has 17 heavy (non-hydrogen) atoms. The molecule has 1 saturated heterocycles. The standard InChI is InChI=1S/C11H15N3O2S/c1-7-13-6-8(17-7)4-5-12-11(16)9-2-3-10(15)14-9/h6,9H,2-5H2,1H3,(H,12,16)(H,14,15). The highest BCUT2D eigenvalue weighted by atomic mass is 32.1. The summed E-state index contributed by atoms with van der Waals surface area (Å²) in [6.07, 6.45) is 3.68. The third kappa shape index (κ3) is 3.26. The molecule has 0 radical (unpaired) electrons. The smallest absolute Gasteiger partial charge is 0.242 e. The molecule has 0 bridgehead atoms. The zero-order chi connectivity index (χ0) is 12.3. The Labute approximate surface area is 104 Å². The fraction of sp³-hybridized carbons (Fsp3) is 0.545. The van der Waals surface area contributed by atoms with Gasteiger partial charge in [-0.2, -0.15) is 0 Å². The second-order valence-electron chi connectivity index (χ2n) is 4.05. The Morgan fingerprint density at radius 3 is 3.12 bits per heavy atom. The van der Waals surface area contributed by atoms with Gasteiger partial charge in [0.05, 0.1) is 5.01 Å². The highest BCUT2D eigenvalue weighted by molar-refractivity contribution is 7.11. The number of amides is 2. The SMILES string of the molecule is Cc1ncc(CCNC(=O)C2CCC(=O)N2)s1. The van der Waals surface area contributed by atoms with Gasteiger partial charge in [0, 0.05) is 30.5 Å². The number of aromatic nitrogens is 1. The molecule has 0 spiro atoms. The van der Waals surface area contributed by atoms with Gasteiger partial charge in [-0.1, -0.05) is 0 Å². The number of rotatable bonds is 4. The Kier molecular flexibility index (Phi) is 3.73. The Morgan fingerprint density at radius 2 is 2.53 bits per heavy atom. The number of carbonyl (C=O) groups excluding carboxylic acids is 2. The predicted molar refractivity (Wildman–Crippen MR) is 64.7 cm³/mol. The van der Waals surface area contributed by atoms with Crippen molar-refractivity contribution in [2.24, 2.45) is 0 Å². The van der Waals surface area contributed by atoms with Crippen LogP contribution in [0.15, 0.2) is 6.20 Å². The summed E-state index contributed by atoms with van der Waals surface area (Å²) in [7, 11) is 0. The van der Waals surface area contributed by atoms with Gasteiger partial charge >= 0.3 is 0 Å². The van der Waals surface area contributed by atoms with Crippen molar-refractivity contribution in [2.75, 3.05) is 6.54 Å². The molecule has 92 valence electrons. The number of carbonyl (C=O) groups is 2. The minimum absolute atomic E-state index is 0.0387. The molecule has 2 rings (SSSR count). The molecule has 1 atom stereocenters. The molecule has 1 aromatic heterocycles. The molecule has 1 aliphatic heterocycles. The molecule has 5 nitrogen and oxygen atoms in total. The molecule has 2 heterocycles. The fourth-order valence-electron chi connectivity index (χ4n) is 1.76. The molecule has 0 aromatic carbocycles. The summed E-state index contributed by atoms with van der Waals surface area (Å²) in [6, 6.07) is -0.342. The van der Waals surface area contributed by atoms with Crippen LogP contribution in [0.1, 0.15) is 22.7 Å². The summed E-state index contributed by atoms with van der Waals surface area (Å²) in [5.74, 6) is -0.125. The van der Waals surface area contributed by atoms with E-state index in [-0.39, 0.29) is 17.9 Å². The van der Waals surface area contributed by atoms with Crippen molar-refractivity contribution >= 4 is 23.2 Å². The summed E-state index contributed by atoms with van der Waals surface area (Å²) in [5, 5.41) is 6.51. The van der Waals surface area contributed by atoms with Crippen LogP contribution in [-0.2, 0) is 16.0 Å². The van der Waals surface area contributed by atoms with E-state index in [0.717, 1.165) is 11.4 Å². The van der Waals surface area contributed by atoms with Gasteiger partial charge in [-0.05, 0) is 13.3 Å². The first-order chi connectivity index (χ1) is 8.15. The maximum Gasteiger partial charge on any atom is 0.242 e. The van der Waals surface area contributed by atoms with Crippen LogP contribution in [0.4, 0.5) is 0 Å². The fourth-order valence-corrected chi connectivity index (χ4v) is 2.56. The van der Waals surface area contributed by atoms with Gasteiger partial charge < -0.3 is 10.6 Å². The van der Waals surface area contributed by atoms with Crippen LogP contribution in [0.25, 0.3) is 0 Å². The van der Waals surface area contributed by atoms with Crippen molar-refractivity contribution in [2.45, 2.75) is 32.2 Å². The van der Waals surface area contributed by atoms with E-state index < -0.39 is 0 Å². The maximum atomic E-state index is 11.6. The van der Waals surface area contributed by atoms with Gasteiger partial charge in [0.25, 0.3) is 0 Å². The molecule has 1 fully saturated rings. The molecule has 2 amide bonds. The lowest BCUT2D eigenvalue weighted by molar-refractivity contribution is -0.125. The van der Waals surface area contributed by atoms with Crippen LogP contribution in [0.3, 0.4) is 0 Å². The Morgan fingerprint density at radius 1 is 1.71 bits per heavy atom. The zero-order valence-corrected chi connectivity index (χ0v) is 10.5.